The second kappa shape index (κ2) is 11.1. The molecule has 0 spiro atoms. The Morgan fingerprint density at radius 3 is 2.50 bits per heavy atom. The minimum Gasteiger partial charge on any atom is -0.497 e. The van der Waals surface area contributed by atoms with E-state index in [1.54, 1.807) is 7.11 Å². The van der Waals surface area contributed by atoms with Gasteiger partial charge in [0.15, 0.2) is 5.96 Å². The zero-order valence-electron chi connectivity index (χ0n) is 16.6. The van der Waals surface area contributed by atoms with Crippen molar-refractivity contribution in [2.45, 2.75) is 45.4 Å². The van der Waals surface area contributed by atoms with Gasteiger partial charge >= 0.3 is 0 Å². The number of guanidine groups is 1. The molecular formula is C21H35N3O2. The van der Waals surface area contributed by atoms with Crippen LogP contribution in [0.15, 0.2) is 29.3 Å². The Kier molecular flexibility index (Phi) is 8.75. The van der Waals surface area contributed by atoms with Gasteiger partial charge in [-0.15, -0.1) is 0 Å². The lowest BCUT2D eigenvalue weighted by Gasteiger charge is -2.30. The molecule has 0 aliphatic heterocycles. The van der Waals surface area contributed by atoms with Crippen molar-refractivity contribution in [2.75, 3.05) is 40.5 Å². The van der Waals surface area contributed by atoms with Gasteiger partial charge in [-0.25, -0.2) is 0 Å². The summed E-state index contributed by atoms with van der Waals surface area (Å²) in [4.78, 5) is 4.38. The molecule has 1 aromatic rings. The zero-order chi connectivity index (χ0) is 18.7. The molecule has 1 aliphatic rings. The van der Waals surface area contributed by atoms with Crippen LogP contribution in [0.4, 0.5) is 0 Å². The van der Waals surface area contributed by atoms with Crippen molar-refractivity contribution in [1.82, 2.24) is 10.6 Å². The molecule has 0 aromatic heterocycles. The molecule has 1 aliphatic carbocycles. The molecular weight excluding hydrogens is 326 g/mol. The van der Waals surface area contributed by atoms with Gasteiger partial charge < -0.3 is 20.1 Å². The van der Waals surface area contributed by atoms with E-state index in [0.29, 0.717) is 5.41 Å². The average Bonchev–Trinajstić information content (AvgIpc) is 3.14. The van der Waals surface area contributed by atoms with Crippen LogP contribution in [0.5, 0.6) is 5.75 Å². The minimum atomic E-state index is 0.364. The molecule has 0 bridgehead atoms. The number of methoxy groups -OCH3 is 1. The van der Waals surface area contributed by atoms with Crippen molar-refractivity contribution in [3.63, 3.8) is 0 Å². The predicted octanol–water partition coefficient (Wildman–Crippen LogP) is 3.39. The van der Waals surface area contributed by atoms with Crippen LogP contribution >= 0.6 is 0 Å². The maximum Gasteiger partial charge on any atom is 0.191 e. The van der Waals surface area contributed by atoms with Gasteiger partial charge in [0.2, 0.25) is 0 Å². The van der Waals surface area contributed by atoms with Crippen molar-refractivity contribution in [3.8, 4) is 5.75 Å². The third-order valence-electron chi connectivity index (χ3n) is 5.36. The highest BCUT2D eigenvalue weighted by molar-refractivity contribution is 5.79. The van der Waals surface area contributed by atoms with Gasteiger partial charge in [-0.3, -0.25) is 4.99 Å². The van der Waals surface area contributed by atoms with E-state index in [4.69, 9.17) is 9.47 Å². The summed E-state index contributed by atoms with van der Waals surface area (Å²) < 4.78 is 10.8. The summed E-state index contributed by atoms with van der Waals surface area (Å²) in [6.07, 6.45) is 7.33. The van der Waals surface area contributed by atoms with Crippen LogP contribution in [0.1, 0.15) is 44.6 Å². The lowest BCUT2D eigenvalue weighted by atomic mass is 9.83. The van der Waals surface area contributed by atoms with Crippen LogP contribution in [0.3, 0.4) is 0 Å². The largest absolute Gasteiger partial charge is 0.497 e. The Balaban J connectivity index is 1.75. The third kappa shape index (κ3) is 6.52. The van der Waals surface area contributed by atoms with Crippen molar-refractivity contribution in [3.05, 3.63) is 29.8 Å². The smallest absolute Gasteiger partial charge is 0.191 e. The molecule has 5 heteroatoms. The molecule has 0 radical (unpaired) electrons. The molecule has 146 valence electrons. The van der Waals surface area contributed by atoms with E-state index in [9.17, 15) is 0 Å². The quantitative estimate of drug-likeness (QED) is 0.381. The molecule has 1 aromatic carbocycles. The molecule has 1 saturated carbocycles. The summed E-state index contributed by atoms with van der Waals surface area (Å²) >= 11 is 0. The van der Waals surface area contributed by atoms with Gasteiger partial charge in [0.25, 0.3) is 0 Å². The van der Waals surface area contributed by atoms with Crippen molar-refractivity contribution in [1.29, 1.82) is 0 Å². The molecule has 5 nitrogen and oxygen atoms in total. The number of rotatable bonds is 10. The maximum absolute atomic E-state index is 5.60. The number of hydrogen-bond donors (Lipinski definition) is 2. The summed E-state index contributed by atoms with van der Waals surface area (Å²) in [5, 5.41) is 6.98. The minimum absolute atomic E-state index is 0.364. The fraction of sp³-hybridized carbons (Fsp3) is 0.667. The first-order valence-electron chi connectivity index (χ1n) is 9.86. The molecule has 26 heavy (non-hydrogen) atoms. The molecule has 0 amide bonds. The van der Waals surface area contributed by atoms with Crippen molar-refractivity contribution in [2.24, 2.45) is 10.4 Å². The lowest BCUT2D eigenvalue weighted by Crippen LogP contribution is -2.44. The van der Waals surface area contributed by atoms with Crippen LogP contribution in [-0.2, 0) is 11.2 Å². The lowest BCUT2D eigenvalue weighted by molar-refractivity contribution is 0.105. The van der Waals surface area contributed by atoms with Crippen LogP contribution in [0, 0.1) is 5.41 Å². The standard InChI is InChI=1S/C21H35N3O2/c1-4-26-16-14-21(12-5-6-13-21)17-24-20(22-2)23-15-11-18-7-9-19(25-3)10-8-18/h7-10H,4-6,11-17H2,1-3H3,(H2,22,23,24). The Morgan fingerprint density at radius 2 is 1.88 bits per heavy atom. The number of nitrogens with zero attached hydrogens (tertiary/aromatic N) is 1. The molecule has 0 atom stereocenters. The summed E-state index contributed by atoms with van der Waals surface area (Å²) in [6.45, 7) is 5.56. The Bertz CT molecular complexity index is 537. The Morgan fingerprint density at radius 1 is 1.15 bits per heavy atom. The Hall–Kier alpha value is -1.75. The second-order valence-corrected chi connectivity index (χ2v) is 7.10. The highest BCUT2D eigenvalue weighted by Gasteiger charge is 2.33. The van der Waals surface area contributed by atoms with Gasteiger partial charge in [-0.05, 0) is 55.7 Å². The fourth-order valence-electron chi connectivity index (χ4n) is 3.68. The summed E-state index contributed by atoms with van der Waals surface area (Å²) in [7, 11) is 3.53. The first kappa shape index (κ1) is 20.6. The van der Waals surface area contributed by atoms with Crippen LogP contribution < -0.4 is 15.4 Å². The highest BCUT2D eigenvalue weighted by Crippen LogP contribution is 2.40. The van der Waals surface area contributed by atoms with E-state index in [-0.39, 0.29) is 0 Å². The first-order chi connectivity index (χ1) is 12.7. The van der Waals surface area contributed by atoms with Crippen LogP contribution in [-0.4, -0.2) is 46.4 Å². The first-order valence-corrected chi connectivity index (χ1v) is 9.86. The predicted molar refractivity (Wildman–Crippen MR) is 108 cm³/mol. The maximum atomic E-state index is 5.60. The number of aliphatic imine (C=N–C) groups is 1. The zero-order valence-corrected chi connectivity index (χ0v) is 16.6. The molecule has 2 rings (SSSR count). The van der Waals surface area contributed by atoms with Crippen LogP contribution in [0.25, 0.3) is 0 Å². The number of hydrogen-bond acceptors (Lipinski definition) is 3. The highest BCUT2D eigenvalue weighted by atomic mass is 16.5. The van der Waals surface area contributed by atoms with Gasteiger partial charge in [0.05, 0.1) is 7.11 Å². The fourth-order valence-corrected chi connectivity index (χ4v) is 3.68. The molecule has 0 saturated heterocycles. The summed E-state index contributed by atoms with van der Waals surface area (Å²) in [5.74, 6) is 1.79. The van der Waals surface area contributed by atoms with E-state index in [2.05, 4.69) is 34.7 Å². The number of nitrogens with one attached hydrogen (secondary N) is 2. The second-order valence-electron chi connectivity index (χ2n) is 7.10. The summed E-state index contributed by atoms with van der Waals surface area (Å²) in [5.41, 5.74) is 1.65. The van der Waals surface area contributed by atoms with E-state index in [1.165, 1.54) is 31.2 Å². The van der Waals surface area contributed by atoms with Crippen LogP contribution in [0.2, 0.25) is 0 Å². The number of benzene rings is 1. The topological polar surface area (TPSA) is 54.9 Å². The SMILES string of the molecule is CCOCCC1(CNC(=NC)NCCc2ccc(OC)cc2)CCCC1. The van der Waals surface area contributed by atoms with Gasteiger partial charge in [-0.2, -0.15) is 0 Å². The molecule has 1 fully saturated rings. The average molecular weight is 362 g/mol. The van der Waals surface area contributed by atoms with E-state index in [1.807, 2.05) is 19.2 Å². The summed E-state index contributed by atoms with van der Waals surface area (Å²) in [6, 6.07) is 8.23. The van der Waals surface area contributed by atoms with Gasteiger partial charge in [0.1, 0.15) is 5.75 Å². The normalized spacial score (nSPS) is 16.5. The molecule has 2 N–H and O–H groups in total. The van der Waals surface area contributed by atoms with Crippen molar-refractivity contribution >= 4 is 5.96 Å². The van der Waals surface area contributed by atoms with Crippen molar-refractivity contribution < 1.29 is 9.47 Å². The van der Waals surface area contributed by atoms with E-state index < -0.39 is 0 Å². The van der Waals surface area contributed by atoms with Gasteiger partial charge in [-0.1, -0.05) is 25.0 Å². The molecule has 0 heterocycles. The Labute approximate surface area is 158 Å². The van der Waals surface area contributed by atoms with Gasteiger partial charge in [0, 0.05) is 33.4 Å². The number of ether oxygens (including phenoxy) is 2. The third-order valence-corrected chi connectivity index (χ3v) is 5.36. The monoisotopic (exact) mass is 361 g/mol. The van der Waals surface area contributed by atoms with E-state index >= 15 is 0 Å². The van der Waals surface area contributed by atoms with E-state index in [0.717, 1.165) is 50.9 Å². The molecule has 0 unspecified atom stereocenters.